The second-order valence-electron chi connectivity index (χ2n) is 5.92. The monoisotopic (exact) mass is 370 g/mol. The van der Waals surface area contributed by atoms with E-state index in [0.717, 1.165) is 0 Å². The summed E-state index contributed by atoms with van der Waals surface area (Å²) in [5.74, 6) is -1.49. The molecule has 1 amide bonds. The van der Waals surface area contributed by atoms with E-state index in [0.29, 0.717) is 16.8 Å². The van der Waals surface area contributed by atoms with Crippen LogP contribution in [-0.4, -0.2) is 33.2 Å². The summed E-state index contributed by atoms with van der Waals surface area (Å²) in [5.41, 5.74) is 2.15. The standard InChI is InChI=1S/C19H19FN4O3/c1-4-27-19(26)16-11(2)17(22-12(16)3)18(25)23-13-6-7-15(14(20)10-13)24-9-5-8-21-24/h5-10,22H,4H2,1-3H3,(H,23,25). The normalized spacial score (nSPS) is 10.7. The van der Waals surface area contributed by atoms with E-state index in [2.05, 4.69) is 15.4 Å². The van der Waals surface area contributed by atoms with Crippen LogP contribution in [0.1, 0.15) is 39.0 Å². The first-order valence-electron chi connectivity index (χ1n) is 8.39. The maximum atomic E-state index is 14.3. The van der Waals surface area contributed by atoms with E-state index in [9.17, 15) is 14.0 Å². The Hall–Kier alpha value is -3.42. The van der Waals surface area contributed by atoms with Crippen LogP contribution in [0, 0.1) is 19.7 Å². The number of nitrogens with zero attached hydrogens (tertiary/aromatic N) is 2. The van der Waals surface area contributed by atoms with Gasteiger partial charge in [0.2, 0.25) is 0 Å². The van der Waals surface area contributed by atoms with Crippen molar-refractivity contribution in [3.8, 4) is 5.69 Å². The molecule has 2 aromatic heterocycles. The van der Waals surface area contributed by atoms with Gasteiger partial charge in [0.05, 0.1) is 12.2 Å². The van der Waals surface area contributed by atoms with Crippen LogP contribution in [0.4, 0.5) is 10.1 Å². The van der Waals surface area contributed by atoms with Crippen LogP contribution >= 0.6 is 0 Å². The quantitative estimate of drug-likeness (QED) is 0.674. The third-order valence-corrected chi connectivity index (χ3v) is 4.10. The molecule has 0 aliphatic heterocycles. The number of rotatable bonds is 5. The van der Waals surface area contributed by atoms with E-state index in [1.807, 2.05) is 0 Å². The molecule has 140 valence electrons. The van der Waals surface area contributed by atoms with Crippen LogP contribution in [-0.2, 0) is 4.74 Å². The highest BCUT2D eigenvalue weighted by molar-refractivity contribution is 6.06. The van der Waals surface area contributed by atoms with Crippen molar-refractivity contribution in [1.29, 1.82) is 0 Å². The number of hydrogen-bond donors (Lipinski definition) is 2. The van der Waals surface area contributed by atoms with Gasteiger partial charge in [0, 0.05) is 23.8 Å². The van der Waals surface area contributed by atoms with Gasteiger partial charge in [0.1, 0.15) is 11.4 Å². The number of halogens is 1. The minimum absolute atomic E-state index is 0.229. The number of hydrogen-bond acceptors (Lipinski definition) is 4. The Bertz CT molecular complexity index is 993. The van der Waals surface area contributed by atoms with Gasteiger partial charge >= 0.3 is 5.97 Å². The lowest BCUT2D eigenvalue weighted by Gasteiger charge is -2.08. The number of carbonyl (C=O) groups excluding carboxylic acids is 2. The second-order valence-corrected chi connectivity index (χ2v) is 5.92. The molecule has 2 heterocycles. The number of aromatic amines is 1. The van der Waals surface area contributed by atoms with Gasteiger partial charge in [-0.3, -0.25) is 4.79 Å². The van der Waals surface area contributed by atoms with Crippen LogP contribution in [0.2, 0.25) is 0 Å². The Labute approximate surface area is 155 Å². The second kappa shape index (κ2) is 7.45. The number of benzene rings is 1. The number of carbonyl (C=O) groups is 2. The van der Waals surface area contributed by atoms with Crippen LogP contribution < -0.4 is 5.32 Å². The predicted molar refractivity (Wildman–Crippen MR) is 97.7 cm³/mol. The SMILES string of the molecule is CCOC(=O)c1c(C)[nH]c(C(=O)Nc2ccc(-n3cccn3)c(F)c2)c1C. The van der Waals surface area contributed by atoms with Crippen LogP contribution in [0.25, 0.3) is 5.69 Å². The zero-order valence-electron chi connectivity index (χ0n) is 15.2. The molecule has 0 fully saturated rings. The number of H-pyrrole nitrogens is 1. The summed E-state index contributed by atoms with van der Waals surface area (Å²) in [6.07, 6.45) is 3.17. The minimum Gasteiger partial charge on any atom is -0.462 e. The van der Waals surface area contributed by atoms with Gasteiger partial charge in [0.25, 0.3) is 5.91 Å². The van der Waals surface area contributed by atoms with Gasteiger partial charge < -0.3 is 15.0 Å². The lowest BCUT2D eigenvalue weighted by Crippen LogP contribution is -2.14. The highest BCUT2D eigenvalue weighted by atomic mass is 19.1. The smallest absolute Gasteiger partial charge is 0.340 e. The lowest BCUT2D eigenvalue weighted by atomic mass is 10.1. The van der Waals surface area contributed by atoms with Gasteiger partial charge in [-0.1, -0.05) is 0 Å². The van der Waals surface area contributed by atoms with E-state index < -0.39 is 17.7 Å². The van der Waals surface area contributed by atoms with Crippen LogP contribution in [0.3, 0.4) is 0 Å². The number of anilines is 1. The fraction of sp³-hybridized carbons (Fsp3) is 0.211. The van der Waals surface area contributed by atoms with Gasteiger partial charge in [0.15, 0.2) is 5.82 Å². The molecule has 1 aromatic carbocycles. The Balaban J connectivity index is 1.83. The lowest BCUT2D eigenvalue weighted by molar-refractivity contribution is 0.0525. The van der Waals surface area contributed by atoms with Gasteiger partial charge in [-0.15, -0.1) is 0 Å². The van der Waals surface area contributed by atoms with E-state index >= 15 is 0 Å². The summed E-state index contributed by atoms with van der Waals surface area (Å²) < 4.78 is 20.7. The largest absolute Gasteiger partial charge is 0.462 e. The minimum atomic E-state index is -0.525. The summed E-state index contributed by atoms with van der Waals surface area (Å²) in [6.45, 7) is 5.30. The summed E-state index contributed by atoms with van der Waals surface area (Å²) in [7, 11) is 0. The summed E-state index contributed by atoms with van der Waals surface area (Å²) in [4.78, 5) is 27.5. The summed E-state index contributed by atoms with van der Waals surface area (Å²) >= 11 is 0. The fourth-order valence-corrected chi connectivity index (χ4v) is 2.86. The summed E-state index contributed by atoms with van der Waals surface area (Å²) in [5, 5.41) is 6.61. The van der Waals surface area contributed by atoms with Crippen molar-refractivity contribution in [3.63, 3.8) is 0 Å². The maximum Gasteiger partial charge on any atom is 0.340 e. The average molecular weight is 370 g/mol. The van der Waals surface area contributed by atoms with E-state index in [4.69, 9.17) is 4.74 Å². The molecule has 0 spiro atoms. The molecule has 0 unspecified atom stereocenters. The Morgan fingerprint density at radius 2 is 2.11 bits per heavy atom. The molecule has 0 aliphatic carbocycles. The Morgan fingerprint density at radius 1 is 1.33 bits per heavy atom. The molecule has 0 saturated carbocycles. The van der Waals surface area contributed by atoms with Gasteiger partial charge in [-0.05, 0) is 50.6 Å². The first-order chi connectivity index (χ1) is 12.9. The van der Waals surface area contributed by atoms with Crippen molar-refractivity contribution in [2.75, 3.05) is 11.9 Å². The highest BCUT2D eigenvalue weighted by Crippen LogP contribution is 2.22. The Morgan fingerprint density at radius 3 is 2.74 bits per heavy atom. The molecule has 0 atom stereocenters. The first kappa shape index (κ1) is 18.4. The molecule has 27 heavy (non-hydrogen) atoms. The van der Waals surface area contributed by atoms with E-state index in [1.165, 1.54) is 16.8 Å². The third kappa shape index (κ3) is 3.59. The molecule has 7 nitrogen and oxygen atoms in total. The van der Waals surface area contributed by atoms with E-state index in [1.54, 1.807) is 45.3 Å². The molecular weight excluding hydrogens is 351 g/mol. The molecule has 3 rings (SSSR count). The Kier molecular flexibility index (Phi) is 5.07. The summed E-state index contributed by atoms with van der Waals surface area (Å²) in [6, 6.07) is 6.00. The molecular formula is C19H19FN4O3. The van der Waals surface area contributed by atoms with Crippen molar-refractivity contribution < 1.29 is 18.7 Å². The highest BCUT2D eigenvalue weighted by Gasteiger charge is 2.23. The zero-order valence-corrected chi connectivity index (χ0v) is 15.2. The van der Waals surface area contributed by atoms with Crippen molar-refractivity contribution in [2.24, 2.45) is 0 Å². The maximum absolute atomic E-state index is 14.3. The van der Waals surface area contributed by atoms with Crippen molar-refractivity contribution in [3.05, 3.63) is 65.0 Å². The average Bonchev–Trinajstić information content (AvgIpc) is 3.23. The number of ether oxygens (including phenoxy) is 1. The molecule has 0 radical (unpaired) electrons. The number of nitrogens with one attached hydrogen (secondary N) is 2. The molecule has 8 heteroatoms. The van der Waals surface area contributed by atoms with Gasteiger partial charge in [-0.25, -0.2) is 13.9 Å². The topological polar surface area (TPSA) is 89.0 Å². The molecule has 0 aliphatic rings. The predicted octanol–water partition coefficient (Wildman–Crippen LogP) is 3.39. The number of aromatic nitrogens is 3. The molecule has 2 N–H and O–H groups in total. The van der Waals surface area contributed by atoms with Crippen molar-refractivity contribution in [1.82, 2.24) is 14.8 Å². The van der Waals surface area contributed by atoms with Crippen molar-refractivity contribution in [2.45, 2.75) is 20.8 Å². The molecule has 0 saturated heterocycles. The van der Waals surface area contributed by atoms with Gasteiger partial charge in [-0.2, -0.15) is 5.10 Å². The van der Waals surface area contributed by atoms with Crippen LogP contribution in [0.5, 0.6) is 0 Å². The first-order valence-corrected chi connectivity index (χ1v) is 8.39. The van der Waals surface area contributed by atoms with E-state index in [-0.39, 0.29) is 23.7 Å². The molecule has 3 aromatic rings. The fourth-order valence-electron chi connectivity index (χ4n) is 2.86. The van der Waals surface area contributed by atoms with Crippen LogP contribution in [0.15, 0.2) is 36.7 Å². The third-order valence-electron chi connectivity index (χ3n) is 4.10. The number of aryl methyl sites for hydroxylation is 1. The van der Waals surface area contributed by atoms with Crippen molar-refractivity contribution >= 4 is 17.6 Å². The molecule has 0 bridgehead atoms. The zero-order chi connectivity index (χ0) is 19.6. The number of esters is 1. The number of amides is 1.